The maximum absolute atomic E-state index is 12.9. The van der Waals surface area contributed by atoms with E-state index < -0.39 is 0 Å². The lowest BCUT2D eigenvalue weighted by Crippen LogP contribution is -2.29. The third-order valence-corrected chi connectivity index (χ3v) is 4.55. The number of rotatable bonds is 4. The van der Waals surface area contributed by atoms with E-state index in [2.05, 4.69) is 5.32 Å². The Hall–Kier alpha value is -3.39. The second-order valence-corrected chi connectivity index (χ2v) is 6.29. The molecule has 2 heteroatoms. The summed E-state index contributed by atoms with van der Waals surface area (Å²) in [5.74, 6) is -0.0755. The quantitative estimate of drug-likeness (QED) is 0.534. The van der Waals surface area contributed by atoms with Crippen LogP contribution in [0.5, 0.6) is 0 Å². The van der Waals surface area contributed by atoms with Crippen LogP contribution in [0, 0.1) is 0 Å². The molecule has 0 saturated heterocycles. The van der Waals surface area contributed by atoms with Crippen molar-refractivity contribution >= 4 is 16.7 Å². The lowest BCUT2D eigenvalue weighted by atomic mass is 9.98. The van der Waals surface area contributed by atoms with Crippen molar-refractivity contribution in [2.45, 2.75) is 6.04 Å². The van der Waals surface area contributed by atoms with Gasteiger partial charge in [-0.05, 0) is 34.0 Å². The molecule has 0 aliphatic heterocycles. The molecule has 0 saturated carbocycles. The minimum absolute atomic E-state index is 0.0755. The summed E-state index contributed by atoms with van der Waals surface area (Å²) in [5, 5.41) is 5.39. The van der Waals surface area contributed by atoms with Crippen molar-refractivity contribution in [3.05, 3.63) is 120 Å². The van der Waals surface area contributed by atoms with Gasteiger partial charge >= 0.3 is 0 Å². The first-order valence-corrected chi connectivity index (χ1v) is 8.71. The largest absolute Gasteiger partial charge is 0.341 e. The first kappa shape index (κ1) is 16.1. The standard InChI is InChI=1S/C24H19NO/c26-24(22-16-15-18-9-7-8-14-21(18)17-22)25-23(19-10-3-1-4-11-19)20-12-5-2-6-13-20/h1-17,23H,(H,25,26). The molecule has 0 aliphatic rings. The summed E-state index contributed by atoms with van der Waals surface area (Å²) in [6.45, 7) is 0. The lowest BCUT2D eigenvalue weighted by Gasteiger charge is -2.20. The van der Waals surface area contributed by atoms with Crippen molar-refractivity contribution in [1.82, 2.24) is 5.32 Å². The maximum atomic E-state index is 12.9. The Balaban J connectivity index is 1.67. The van der Waals surface area contributed by atoms with Gasteiger partial charge < -0.3 is 5.32 Å². The molecule has 0 radical (unpaired) electrons. The molecule has 0 spiro atoms. The first-order valence-electron chi connectivity index (χ1n) is 8.71. The van der Waals surface area contributed by atoms with Crippen LogP contribution in [0.15, 0.2) is 103 Å². The number of carbonyl (C=O) groups is 1. The van der Waals surface area contributed by atoms with Gasteiger partial charge in [0, 0.05) is 5.56 Å². The Kier molecular flexibility index (Phi) is 4.48. The van der Waals surface area contributed by atoms with E-state index in [1.165, 1.54) is 0 Å². The topological polar surface area (TPSA) is 29.1 Å². The van der Waals surface area contributed by atoms with Crippen LogP contribution in [-0.4, -0.2) is 5.91 Å². The number of fused-ring (bicyclic) bond motifs is 1. The molecule has 1 amide bonds. The maximum Gasteiger partial charge on any atom is 0.252 e. The zero-order chi connectivity index (χ0) is 17.8. The Morgan fingerprint density at radius 3 is 1.77 bits per heavy atom. The summed E-state index contributed by atoms with van der Waals surface area (Å²) in [6, 6.07) is 33.8. The molecule has 0 aromatic heterocycles. The summed E-state index contributed by atoms with van der Waals surface area (Å²) in [7, 11) is 0. The zero-order valence-corrected chi connectivity index (χ0v) is 14.3. The van der Waals surface area contributed by atoms with Gasteiger partial charge in [0.15, 0.2) is 0 Å². The van der Waals surface area contributed by atoms with Crippen LogP contribution in [0.1, 0.15) is 27.5 Å². The van der Waals surface area contributed by atoms with Gasteiger partial charge in [0.1, 0.15) is 0 Å². The zero-order valence-electron chi connectivity index (χ0n) is 14.3. The molecule has 0 heterocycles. The Labute approximate surface area is 153 Å². The molecule has 0 bridgehead atoms. The Morgan fingerprint density at radius 2 is 1.15 bits per heavy atom. The number of nitrogens with one attached hydrogen (secondary N) is 1. The molecule has 26 heavy (non-hydrogen) atoms. The highest BCUT2D eigenvalue weighted by atomic mass is 16.1. The van der Waals surface area contributed by atoms with Crippen LogP contribution < -0.4 is 5.32 Å². The van der Waals surface area contributed by atoms with Gasteiger partial charge in [0.25, 0.3) is 5.91 Å². The van der Waals surface area contributed by atoms with Crippen LogP contribution in [-0.2, 0) is 0 Å². The van der Waals surface area contributed by atoms with Crippen LogP contribution in [0.3, 0.4) is 0 Å². The number of hydrogen-bond acceptors (Lipinski definition) is 1. The molecule has 0 fully saturated rings. The minimum atomic E-state index is -0.184. The lowest BCUT2D eigenvalue weighted by molar-refractivity contribution is 0.0943. The predicted molar refractivity (Wildman–Crippen MR) is 106 cm³/mol. The number of amides is 1. The molecule has 4 aromatic rings. The second-order valence-electron chi connectivity index (χ2n) is 6.29. The molecular formula is C24H19NO. The van der Waals surface area contributed by atoms with E-state index >= 15 is 0 Å². The van der Waals surface area contributed by atoms with Crippen molar-refractivity contribution in [3.8, 4) is 0 Å². The van der Waals surface area contributed by atoms with Crippen molar-refractivity contribution in [3.63, 3.8) is 0 Å². The van der Waals surface area contributed by atoms with E-state index in [0.29, 0.717) is 5.56 Å². The molecule has 0 atom stereocenters. The van der Waals surface area contributed by atoms with Crippen molar-refractivity contribution in [2.75, 3.05) is 0 Å². The third-order valence-electron chi connectivity index (χ3n) is 4.55. The highest BCUT2D eigenvalue weighted by molar-refractivity contribution is 5.98. The molecular weight excluding hydrogens is 318 g/mol. The summed E-state index contributed by atoms with van der Waals surface area (Å²) in [6.07, 6.45) is 0. The summed E-state index contributed by atoms with van der Waals surface area (Å²) in [4.78, 5) is 12.9. The van der Waals surface area contributed by atoms with Gasteiger partial charge in [-0.3, -0.25) is 4.79 Å². The molecule has 126 valence electrons. The van der Waals surface area contributed by atoms with Gasteiger partial charge in [-0.25, -0.2) is 0 Å². The van der Waals surface area contributed by atoms with Crippen molar-refractivity contribution in [1.29, 1.82) is 0 Å². The van der Waals surface area contributed by atoms with Gasteiger partial charge in [-0.2, -0.15) is 0 Å². The summed E-state index contributed by atoms with van der Waals surface area (Å²) >= 11 is 0. The molecule has 0 unspecified atom stereocenters. The predicted octanol–water partition coefficient (Wildman–Crippen LogP) is 5.36. The Morgan fingerprint density at radius 1 is 0.615 bits per heavy atom. The summed E-state index contributed by atoms with van der Waals surface area (Å²) in [5.41, 5.74) is 2.79. The normalized spacial score (nSPS) is 10.8. The van der Waals surface area contributed by atoms with Gasteiger partial charge in [-0.15, -0.1) is 0 Å². The molecule has 0 aliphatic carbocycles. The van der Waals surface area contributed by atoms with E-state index in [1.807, 2.05) is 103 Å². The van der Waals surface area contributed by atoms with Crippen LogP contribution >= 0.6 is 0 Å². The fourth-order valence-electron chi connectivity index (χ4n) is 3.20. The van der Waals surface area contributed by atoms with Crippen LogP contribution in [0.25, 0.3) is 10.8 Å². The van der Waals surface area contributed by atoms with Gasteiger partial charge in [0.2, 0.25) is 0 Å². The molecule has 4 rings (SSSR count). The highest BCUT2D eigenvalue weighted by Gasteiger charge is 2.17. The third kappa shape index (κ3) is 3.35. The fourth-order valence-corrected chi connectivity index (χ4v) is 3.20. The minimum Gasteiger partial charge on any atom is -0.341 e. The molecule has 1 N–H and O–H groups in total. The van der Waals surface area contributed by atoms with E-state index in [-0.39, 0.29) is 11.9 Å². The number of carbonyl (C=O) groups excluding carboxylic acids is 1. The van der Waals surface area contributed by atoms with E-state index in [4.69, 9.17) is 0 Å². The van der Waals surface area contributed by atoms with E-state index in [1.54, 1.807) is 0 Å². The fraction of sp³-hybridized carbons (Fsp3) is 0.0417. The Bertz CT molecular complexity index is 986. The van der Waals surface area contributed by atoms with Crippen molar-refractivity contribution < 1.29 is 4.79 Å². The number of benzene rings is 4. The summed E-state index contributed by atoms with van der Waals surface area (Å²) < 4.78 is 0. The van der Waals surface area contributed by atoms with E-state index in [9.17, 15) is 4.79 Å². The highest BCUT2D eigenvalue weighted by Crippen LogP contribution is 2.23. The van der Waals surface area contributed by atoms with Gasteiger partial charge in [0.05, 0.1) is 6.04 Å². The SMILES string of the molecule is O=C(NC(c1ccccc1)c1ccccc1)c1ccc2ccccc2c1. The first-order chi connectivity index (χ1) is 12.8. The van der Waals surface area contributed by atoms with Crippen LogP contribution in [0.4, 0.5) is 0 Å². The van der Waals surface area contributed by atoms with E-state index in [0.717, 1.165) is 21.9 Å². The molecule has 2 nitrogen and oxygen atoms in total. The average molecular weight is 337 g/mol. The van der Waals surface area contributed by atoms with Gasteiger partial charge in [-0.1, -0.05) is 91.0 Å². The van der Waals surface area contributed by atoms with Crippen molar-refractivity contribution in [2.24, 2.45) is 0 Å². The van der Waals surface area contributed by atoms with Crippen LogP contribution in [0.2, 0.25) is 0 Å². The average Bonchev–Trinajstić information content (AvgIpc) is 2.72. The second kappa shape index (κ2) is 7.24. The molecule has 4 aromatic carbocycles. The smallest absolute Gasteiger partial charge is 0.252 e. The monoisotopic (exact) mass is 337 g/mol. The number of hydrogen-bond donors (Lipinski definition) is 1.